The molecular weight excluding hydrogens is 225 g/mol. The van der Waals surface area contributed by atoms with Gasteiger partial charge in [0.15, 0.2) is 0 Å². The maximum atomic E-state index is 11.0. The molecule has 1 aromatic rings. The van der Waals surface area contributed by atoms with E-state index in [-0.39, 0.29) is 11.3 Å². The number of carbonyl (C=O) groups is 1. The number of benzene rings is 1. The van der Waals surface area contributed by atoms with Crippen molar-refractivity contribution in [3.05, 3.63) is 29.8 Å². The minimum atomic E-state index is -4.73. The third-order valence-electron chi connectivity index (χ3n) is 1.45. The summed E-state index contributed by atoms with van der Waals surface area (Å²) in [6.45, 7) is 0. The van der Waals surface area contributed by atoms with Crippen molar-refractivity contribution in [3.63, 3.8) is 0 Å². The number of phosphoric acid groups is 1. The van der Waals surface area contributed by atoms with Crippen LogP contribution in [-0.4, -0.2) is 20.9 Å². The Balaban J connectivity index is 3.07. The highest BCUT2D eigenvalue weighted by Gasteiger charge is 2.20. The fourth-order valence-electron chi connectivity index (χ4n) is 0.922. The van der Waals surface area contributed by atoms with Gasteiger partial charge < -0.3 is 4.52 Å². The van der Waals surface area contributed by atoms with Gasteiger partial charge in [-0.3, -0.25) is 19.8 Å². The lowest BCUT2D eigenvalue weighted by Gasteiger charge is -2.09. The van der Waals surface area contributed by atoms with Gasteiger partial charge in [0.25, 0.3) is 5.91 Å². The van der Waals surface area contributed by atoms with E-state index in [9.17, 15) is 9.36 Å². The molecule has 0 aliphatic carbocycles. The number of nitrogens with one attached hydrogen (secondary N) is 1. The topological polar surface area (TPSA) is 116 Å². The van der Waals surface area contributed by atoms with Gasteiger partial charge in [-0.2, -0.15) is 0 Å². The minimum absolute atomic E-state index is 0.177. The first-order valence-electron chi connectivity index (χ1n) is 3.72. The van der Waals surface area contributed by atoms with Crippen molar-refractivity contribution in [1.29, 1.82) is 0 Å². The lowest BCUT2D eigenvalue weighted by atomic mass is 10.2. The molecule has 8 heteroatoms. The number of hydroxylamine groups is 1. The zero-order valence-electron chi connectivity index (χ0n) is 7.32. The summed E-state index contributed by atoms with van der Waals surface area (Å²) < 4.78 is 14.8. The third-order valence-corrected chi connectivity index (χ3v) is 1.89. The number of phosphoric ester groups is 1. The summed E-state index contributed by atoms with van der Waals surface area (Å²) in [5.74, 6) is -1.23. The minimum Gasteiger partial charge on any atom is -0.403 e. The fraction of sp³-hybridized carbons (Fsp3) is 0. The van der Waals surface area contributed by atoms with Crippen LogP contribution in [0.4, 0.5) is 0 Å². The van der Waals surface area contributed by atoms with E-state index >= 15 is 0 Å². The van der Waals surface area contributed by atoms with Gasteiger partial charge in [-0.1, -0.05) is 12.1 Å². The Hall–Kier alpha value is -1.40. The van der Waals surface area contributed by atoms with Crippen LogP contribution >= 0.6 is 7.82 Å². The molecule has 0 aromatic heterocycles. The molecule has 0 spiro atoms. The van der Waals surface area contributed by atoms with Crippen LogP contribution in [0.1, 0.15) is 10.4 Å². The van der Waals surface area contributed by atoms with Crippen molar-refractivity contribution in [2.24, 2.45) is 0 Å². The van der Waals surface area contributed by atoms with Crippen molar-refractivity contribution in [2.75, 3.05) is 0 Å². The summed E-state index contributed by atoms with van der Waals surface area (Å²) in [5.41, 5.74) is 1.16. The molecule has 1 amide bonds. The van der Waals surface area contributed by atoms with Crippen molar-refractivity contribution < 1.29 is 28.9 Å². The Morgan fingerprint density at radius 2 is 1.93 bits per heavy atom. The van der Waals surface area contributed by atoms with Crippen LogP contribution < -0.4 is 10.0 Å². The second-order valence-corrected chi connectivity index (χ2v) is 3.68. The first-order chi connectivity index (χ1) is 6.94. The highest BCUT2D eigenvalue weighted by Crippen LogP contribution is 2.38. The molecule has 0 saturated carbocycles. The Morgan fingerprint density at radius 3 is 2.47 bits per heavy atom. The molecule has 7 nitrogen and oxygen atoms in total. The molecule has 15 heavy (non-hydrogen) atoms. The fourth-order valence-corrected chi connectivity index (χ4v) is 1.34. The van der Waals surface area contributed by atoms with Gasteiger partial charge in [-0.15, -0.1) is 0 Å². The molecule has 1 rings (SSSR count). The van der Waals surface area contributed by atoms with E-state index in [4.69, 9.17) is 15.0 Å². The normalized spacial score (nSPS) is 10.9. The average Bonchev–Trinajstić information content (AvgIpc) is 2.15. The molecule has 0 unspecified atom stereocenters. The van der Waals surface area contributed by atoms with Crippen molar-refractivity contribution in [1.82, 2.24) is 5.48 Å². The molecule has 0 heterocycles. The van der Waals surface area contributed by atoms with Crippen molar-refractivity contribution in [3.8, 4) is 5.75 Å². The van der Waals surface area contributed by atoms with Gasteiger partial charge in [0.2, 0.25) is 0 Å². The summed E-state index contributed by atoms with van der Waals surface area (Å²) in [6, 6.07) is 5.33. The van der Waals surface area contributed by atoms with E-state index in [1.54, 1.807) is 0 Å². The Morgan fingerprint density at radius 1 is 1.33 bits per heavy atom. The number of hydrogen-bond donors (Lipinski definition) is 4. The first-order valence-corrected chi connectivity index (χ1v) is 5.25. The SMILES string of the molecule is O=C(NO)c1ccccc1OP(=O)(O)O. The predicted octanol–water partition coefficient (Wildman–Crippen LogP) is 0.277. The lowest BCUT2D eigenvalue weighted by molar-refractivity contribution is 0.0704. The number of carbonyl (C=O) groups excluding carboxylic acids is 1. The maximum Gasteiger partial charge on any atom is 0.524 e. The van der Waals surface area contributed by atoms with Gasteiger partial charge in [-0.25, -0.2) is 10.0 Å². The quantitative estimate of drug-likeness (QED) is 0.338. The van der Waals surface area contributed by atoms with Gasteiger partial charge in [0.05, 0.1) is 5.56 Å². The Bertz CT molecular complexity index is 414. The molecule has 0 aliphatic rings. The molecule has 1 aromatic carbocycles. The van der Waals surface area contributed by atoms with E-state index in [0.29, 0.717) is 0 Å². The summed E-state index contributed by atoms with van der Waals surface area (Å²) in [7, 11) is -4.73. The Labute approximate surface area is 84.5 Å². The maximum absolute atomic E-state index is 11.0. The molecule has 4 N–H and O–H groups in total. The van der Waals surface area contributed by atoms with Crippen LogP contribution in [0.2, 0.25) is 0 Å². The number of rotatable bonds is 3. The molecule has 0 aliphatic heterocycles. The van der Waals surface area contributed by atoms with Gasteiger partial charge in [0, 0.05) is 0 Å². The predicted molar refractivity (Wildman–Crippen MR) is 48.4 cm³/mol. The second kappa shape index (κ2) is 4.41. The van der Waals surface area contributed by atoms with Crippen LogP contribution in [-0.2, 0) is 4.57 Å². The monoisotopic (exact) mass is 233 g/mol. The van der Waals surface area contributed by atoms with Gasteiger partial charge in [-0.05, 0) is 12.1 Å². The third kappa shape index (κ3) is 3.34. The van der Waals surface area contributed by atoms with E-state index < -0.39 is 13.7 Å². The summed E-state index contributed by atoms with van der Waals surface area (Å²) in [6.07, 6.45) is 0. The molecule has 0 bridgehead atoms. The molecule has 0 radical (unpaired) electrons. The van der Waals surface area contributed by atoms with Crippen molar-refractivity contribution >= 4 is 13.7 Å². The standard InChI is InChI=1S/C7H8NO6P/c9-7(8-10)5-3-1-2-4-6(5)14-15(11,12)13/h1-4,10H,(H,8,9)(H2,11,12,13). The lowest BCUT2D eigenvalue weighted by Crippen LogP contribution is -2.19. The Kier molecular flexibility index (Phi) is 3.43. The van der Waals surface area contributed by atoms with E-state index in [1.807, 2.05) is 0 Å². The van der Waals surface area contributed by atoms with E-state index in [1.165, 1.54) is 29.7 Å². The zero-order valence-corrected chi connectivity index (χ0v) is 8.22. The van der Waals surface area contributed by atoms with Crippen molar-refractivity contribution in [2.45, 2.75) is 0 Å². The summed E-state index contributed by atoms with van der Waals surface area (Å²) >= 11 is 0. The highest BCUT2D eigenvalue weighted by molar-refractivity contribution is 7.46. The molecule has 0 fully saturated rings. The van der Waals surface area contributed by atoms with E-state index in [0.717, 1.165) is 0 Å². The van der Waals surface area contributed by atoms with Crippen LogP contribution in [0.15, 0.2) is 24.3 Å². The van der Waals surface area contributed by atoms with Crippen LogP contribution in [0, 0.1) is 0 Å². The van der Waals surface area contributed by atoms with Gasteiger partial charge >= 0.3 is 7.82 Å². The van der Waals surface area contributed by atoms with Crippen LogP contribution in [0.3, 0.4) is 0 Å². The molecule has 0 saturated heterocycles. The largest absolute Gasteiger partial charge is 0.524 e. The van der Waals surface area contributed by atoms with Crippen LogP contribution in [0.25, 0.3) is 0 Å². The average molecular weight is 233 g/mol. The number of amides is 1. The number of hydrogen-bond acceptors (Lipinski definition) is 4. The van der Waals surface area contributed by atoms with Gasteiger partial charge in [0.1, 0.15) is 5.75 Å². The molecule has 0 atom stereocenters. The molecular formula is C7H8NO6P. The number of para-hydroxylation sites is 1. The van der Waals surface area contributed by atoms with Crippen LogP contribution in [0.5, 0.6) is 5.75 Å². The summed E-state index contributed by atoms with van der Waals surface area (Å²) in [5, 5.41) is 8.36. The second-order valence-electron chi connectivity index (χ2n) is 2.52. The highest BCUT2D eigenvalue weighted by atomic mass is 31.2. The van der Waals surface area contributed by atoms with E-state index in [2.05, 4.69) is 4.52 Å². The smallest absolute Gasteiger partial charge is 0.403 e. The molecule has 82 valence electrons. The zero-order chi connectivity index (χ0) is 11.5. The summed E-state index contributed by atoms with van der Waals surface area (Å²) in [4.78, 5) is 28.1. The first kappa shape index (κ1) is 11.7.